The normalized spacial score (nSPS) is 23.2. The number of cyclic esters (lactones) is 2. The van der Waals surface area contributed by atoms with Crippen molar-refractivity contribution in [3.05, 3.63) is 59.2 Å². The van der Waals surface area contributed by atoms with Crippen molar-refractivity contribution in [2.24, 2.45) is 5.92 Å². The van der Waals surface area contributed by atoms with E-state index in [-0.39, 0.29) is 0 Å². The molecule has 29 heavy (non-hydrogen) atoms. The second-order valence-electron chi connectivity index (χ2n) is 7.90. The van der Waals surface area contributed by atoms with Crippen molar-refractivity contribution in [3.63, 3.8) is 0 Å². The summed E-state index contributed by atoms with van der Waals surface area (Å²) in [5.41, 5.74) is 1.86. The molecule has 152 valence electrons. The molecule has 0 saturated carbocycles. The Hall–Kier alpha value is -3.02. The third-order valence-electron chi connectivity index (χ3n) is 5.81. The topological polar surface area (TPSA) is 71.1 Å². The summed E-state index contributed by atoms with van der Waals surface area (Å²) in [5.74, 6) is -2.39. The van der Waals surface area contributed by atoms with Gasteiger partial charge in [0.2, 0.25) is 0 Å². The summed E-state index contributed by atoms with van der Waals surface area (Å²) in [6, 6.07) is 13.3. The molecule has 0 bridgehead atoms. The van der Waals surface area contributed by atoms with Gasteiger partial charge in [-0.05, 0) is 41.7 Å². The maximum atomic E-state index is 13.1. The molecule has 1 atom stereocenters. The van der Waals surface area contributed by atoms with Gasteiger partial charge in [-0.1, -0.05) is 24.3 Å². The van der Waals surface area contributed by atoms with Crippen molar-refractivity contribution in [2.75, 3.05) is 14.2 Å². The lowest BCUT2D eigenvalue weighted by atomic mass is 9.66. The Morgan fingerprint density at radius 1 is 0.931 bits per heavy atom. The van der Waals surface area contributed by atoms with Crippen LogP contribution in [0.3, 0.4) is 0 Å². The largest absolute Gasteiger partial charge is 0.497 e. The monoisotopic (exact) mass is 396 g/mol. The number of rotatable bonds is 4. The zero-order valence-electron chi connectivity index (χ0n) is 17.0. The van der Waals surface area contributed by atoms with E-state index in [0.717, 1.165) is 23.1 Å². The lowest BCUT2D eigenvalue weighted by Crippen LogP contribution is -2.54. The number of aryl methyl sites for hydroxylation is 1. The van der Waals surface area contributed by atoms with Crippen LogP contribution in [-0.2, 0) is 30.9 Å². The van der Waals surface area contributed by atoms with E-state index in [2.05, 4.69) is 0 Å². The van der Waals surface area contributed by atoms with E-state index in [1.54, 1.807) is 34.1 Å². The highest BCUT2D eigenvalue weighted by Crippen LogP contribution is 2.52. The van der Waals surface area contributed by atoms with Crippen LogP contribution in [0.1, 0.15) is 37.0 Å². The summed E-state index contributed by atoms with van der Waals surface area (Å²) in [6.45, 7) is 3.12. The average molecular weight is 396 g/mol. The van der Waals surface area contributed by atoms with E-state index >= 15 is 0 Å². The van der Waals surface area contributed by atoms with Gasteiger partial charge in [0.25, 0.3) is 5.79 Å². The Kier molecular flexibility index (Phi) is 4.52. The van der Waals surface area contributed by atoms with Crippen molar-refractivity contribution in [3.8, 4) is 11.5 Å². The molecule has 0 spiro atoms. The van der Waals surface area contributed by atoms with Crippen LogP contribution >= 0.6 is 0 Å². The first kappa shape index (κ1) is 19.3. The molecule has 6 heteroatoms. The third-order valence-corrected chi connectivity index (χ3v) is 5.81. The maximum absolute atomic E-state index is 13.1. The Morgan fingerprint density at radius 3 is 2.10 bits per heavy atom. The number of esters is 2. The van der Waals surface area contributed by atoms with Gasteiger partial charge in [0.1, 0.15) is 11.5 Å². The van der Waals surface area contributed by atoms with Crippen molar-refractivity contribution < 1.29 is 28.5 Å². The van der Waals surface area contributed by atoms with Gasteiger partial charge in [-0.15, -0.1) is 0 Å². The Labute approximate surface area is 169 Å². The second kappa shape index (κ2) is 6.79. The minimum atomic E-state index is -1.28. The van der Waals surface area contributed by atoms with Gasteiger partial charge in [-0.3, -0.25) is 9.59 Å². The van der Waals surface area contributed by atoms with E-state index in [9.17, 15) is 9.59 Å². The molecule has 1 fully saturated rings. The van der Waals surface area contributed by atoms with E-state index < -0.39 is 29.1 Å². The highest BCUT2D eigenvalue weighted by atomic mass is 16.7. The van der Waals surface area contributed by atoms with Crippen LogP contribution in [0.25, 0.3) is 0 Å². The molecule has 1 aliphatic carbocycles. The van der Waals surface area contributed by atoms with E-state index in [1.807, 2.05) is 36.4 Å². The van der Waals surface area contributed by atoms with Crippen LogP contribution in [0.2, 0.25) is 0 Å². The van der Waals surface area contributed by atoms with Gasteiger partial charge in [-0.2, -0.15) is 0 Å². The molecule has 0 N–H and O–H groups in total. The fourth-order valence-electron chi connectivity index (χ4n) is 4.59. The second-order valence-corrected chi connectivity index (χ2v) is 7.90. The number of fused-ring (bicyclic) bond motifs is 1. The minimum Gasteiger partial charge on any atom is -0.497 e. The molecule has 0 aromatic heterocycles. The number of carbonyl (C=O) groups excluding carboxylic acids is 2. The van der Waals surface area contributed by atoms with Crippen LogP contribution in [0.4, 0.5) is 0 Å². The van der Waals surface area contributed by atoms with Gasteiger partial charge in [0.05, 0.1) is 14.2 Å². The van der Waals surface area contributed by atoms with Gasteiger partial charge >= 0.3 is 11.9 Å². The van der Waals surface area contributed by atoms with Crippen molar-refractivity contribution in [1.82, 2.24) is 0 Å². The van der Waals surface area contributed by atoms with Gasteiger partial charge in [-0.25, -0.2) is 0 Å². The summed E-state index contributed by atoms with van der Waals surface area (Å²) >= 11 is 0. The summed E-state index contributed by atoms with van der Waals surface area (Å²) in [6.07, 6.45) is 1.30. The molecule has 1 heterocycles. The van der Waals surface area contributed by atoms with Crippen LogP contribution in [0, 0.1) is 5.92 Å². The molecule has 0 radical (unpaired) electrons. The van der Waals surface area contributed by atoms with Crippen molar-refractivity contribution in [1.29, 1.82) is 0 Å². The molecule has 2 aliphatic rings. The van der Waals surface area contributed by atoms with Crippen LogP contribution < -0.4 is 9.47 Å². The number of methoxy groups -OCH3 is 2. The number of ether oxygens (including phenoxy) is 4. The van der Waals surface area contributed by atoms with Crippen molar-refractivity contribution >= 4 is 11.9 Å². The fourth-order valence-corrected chi connectivity index (χ4v) is 4.59. The summed E-state index contributed by atoms with van der Waals surface area (Å²) < 4.78 is 21.9. The molecule has 1 aliphatic heterocycles. The zero-order chi connectivity index (χ0) is 20.8. The zero-order valence-corrected chi connectivity index (χ0v) is 17.0. The summed E-state index contributed by atoms with van der Waals surface area (Å²) in [5, 5.41) is 0. The predicted octanol–water partition coefficient (Wildman–Crippen LogP) is 3.39. The van der Waals surface area contributed by atoms with E-state index in [4.69, 9.17) is 18.9 Å². The standard InChI is InChI=1S/C23H24O6/c1-22(2)28-20(24)19(21(25)29-22)23(10-9-14-7-5-6-8-18(14)23)15-11-16(26-3)13-17(12-15)27-4/h5-8,11-13,19H,9-10H2,1-4H3. The molecule has 0 amide bonds. The molecule has 2 aromatic carbocycles. The van der Waals surface area contributed by atoms with E-state index in [0.29, 0.717) is 17.9 Å². The number of hydrogen-bond donors (Lipinski definition) is 0. The van der Waals surface area contributed by atoms with Crippen molar-refractivity contribution in [2.45, 2.75) is 37.9 Å². The number of carbonyl (C=O) groups is 2. The highest BCUT2D eigenvalue weighted by Gasteiger charge is 2.58. The quantitative estimate of drug-likeness (QED) is 0.583. The molecular weight excluding hydrogens is 372 g/mol. The van der Waals surface area contributed by atoms with Gasteiger partial charge in [0.15, 0.2) is 5.92 Å². The SMILES string of the molecule is COc1cc(OC)cc(C2(C3C(=O)OC(C)(C)OC3=O)CCc3ccccc32)c1. The predicted molar refractivity (Wildman–Crippen MR) is 105 cm³/mol. The maximum Gasteiger partial charge on any atom is 0.324 e. The molecule has 4 rings (SSSR count). The fraction of sp³-hybridized carbons (Fsp3) is 0.391. The Bertz CT molecular complexity index is 937. The number of benzene rings is 2. The first-order chi connectivity index (χ1) is 13.8. The number of hydrogen-bond acceptors (Lipinski definition) is 6. The van der Waals surface area contributed by atoms with Gasteiger partial charge < -0.3 is 18.9 Å². The van der Waals surface area contributed by atoms with Crippen LogP contribution in [0.5, 0.6) is 11.5 Å². The Morgan fingerprint density at radius 2 is 1.52 bits per heavy atom. The third kappa shape index (κ3) is 3.03. The first-order valence-electron chi connectivity index (χ1n) is 9.58. The molecule has 6 nitrogen and oxygen atoms in total. The lowest BCUT2D eigenvalue weighted by Gasteiger charge is -2.42. The molecule has 1 saturated heterocycles. The lowest BCUT2D eigenvalue weighted by molar-refractivity contribution is -0.242. The Balaban J connectivity index is 1.97. The smallest absolute Gasteiger partial charge is 0.324 e. The summed E-state index contributed by atoms with van der Waals surface area (Å²) in [7, 11) is 3.14. The molecule has 1 unspecified atom stereocenters. The first-order valence-corrected chi connectivity index (χ1v) is 9.58. The highest BCUT2D eigenvalue weighted by molar-refractivity contribution is 5.99. The van der Waals surface area contributed by atoms with Crippen LogP contribution in [0.15, 0.2) is 42.5 Å². The molecule has 2 aromatic rings. The van der Waals surface area contributed by atoms with E-state index in [1.165, 1.54) is 0 Å². The summed E-state index contributed by atoms with van der Waals surface area (Å²) in [4.78, 5) is 26.2. The molecular formula is C23H24O6. The average Bonchev–Trinajstić information content (AvgIpc) is 3.06. The van der Waals surface area contributed by atoms with Crippen LogP contribution in [-0.4, -0.2) is 31.9 Å². The van der Waals surface area contributed by atoms with Gasteiger partial charge in [0, 0.05) is 25.3 Å². The minimum absolute atomic E-state index is 0.567.